The maximum absolute atomic E-state index is 5.76. The molecule has 0 amide bonds. The molecule has 6 heteroatoms. The Morgan fingerprint density at radius 1 is 1.19 bits per heavy atom. The Balaban J connectivity index is 2.02. The van der Waals surface area contributed by atoms with Gasteiger partial charge in [-0.3, -0.25) is 0 Å². The third-order valence-electron chi connectivity index (χ3n) is 3.50. The van der Waals surface area contributed by atoms with Crippen LogP contribution in [0.1, 0.15) is 33.6 Å². The van der Waals surface area contributed by atoms with Gasteiger partial charge in [0.1, 0.15) is 0 Å². The van der Waals surface area contributed by atoms with Crippen molar-refractivity contribution in [3.63, 3.8) is 0 Å². The molecule has 1 aliphatic rings. The summed E-state index contributed by atoms with van der Waals surface area (Å²) >= 11 is 0. The van der Waals surface area contributed by atoms with Gasteiger partial charge < -0.3 is 14.8 Å². The van der Waals surface area contributed by atoms with Gasteiger partial charge in [0, 0.05) is 7.05 Å². The molecule has 0 fully saturated rings. The molecule has 0 bridgehead atoms. The molecular formula is C15H24N4O2. The Labute approximate surface area is 126 Å². The van der Waals surface area contributed by atoms with E-state index >= 15 is 0 Å². The normalized spacial score (nSPS) is 21.4. The van der Waals surface area contributed by atoms with Gasteiger partial charge in [-0.1, -0.05) is 19.1 Å². The Bertz CT molecular complexity index is 491. The summed E-state index contributed by atoms with van der Waals surface area (Å²) in [4.78, 5) is 12.6. The first kappa shape index (κ1) is 15.5. The van der Waals surface area contributed by atoms with E-state index in [1.54, 1.807) is 7.05 Å². The molecule has 0 aliphatic heterocycles. The molecule has 0 radical (unpaired) electrons. The Morgan fingerprint density at radius 3 is 2.57 bits per heavy atom. The Hall–Kier alpha value is -1.85. The van der Waals surface area contributed by atoms with Crippen LogP contribution in [0.3, 0.4) is 0 Å². The predicted octanol–water partition coefficient (Wildman–Crippen LogP) is 2.68. The van der Waals surface area contributed by atoms with Crippen molar-refractivity contribution in [3.05, 3.63) is 12.2 Å². The molecule has 2 atom stereocenters. The van der Waals surface area contributed by atoms with Crippen LogP contribution in [-0.4, -0.2) is 34.7 Å². The van der Waals surface area contributed by atoms with Crippen LogP contribution in [-0.2, 0) is 0 Å². The van der Waals surface area contributed by atoms with Gasteiger partial charge >= 0.3 is 12.0 Å². The Kier molecular flexibility index (Phi) is 5.36. The fourth-order valence-corrected chi connectivity index (χ4v) is 2.20. The predicted molar refractivity (Wildman–Crippen MR) is 81.7 cm³/mol. The molecule has 0 saturated carbocycles. The number of hydrogen-bond donors (Lipinski definition) is 1. The molecule has 1 aliphatic carbocycles. The Morgan fingerprint density at radius 2 is 1.90 bits per heavy atom. The number of nitrogens with one attached hydrogen (secondary N) is 1. The van der Waals surface area contributed by atoms with Crippen LogP contribution < -0.4 is 14.8 Å². The lowest BCUT2D eigenvalue weighted by atomic mass is 9.85. The van der Waals surface area contributed by atoms with E-state index in [1.807, 2.05) is 13.8 Å². The molecule has 1 aromatic heterocycles. The summed E-state index contributed by atoms with van der Waals surface area (Å²) in [6.45, 7) is 6.72. The number of nitrogens with zero attached hydrogens (tertiary/aromatic N) is 3. The zero-order chi connectivity index (χ0) is 15.2. The molecule has 1 heterocycles. The zero-order valence-electron chi connectivity index (χ0n) is 13.2. The van der Waals surface area contributed by atoms with E-state index in [4.69, 9.17) is 9.47 Å². The van der Waals surface area contributed by atoms with Crippen molar-refractivity contribution >= 4 is 5.95 Å². The second kappa shape index (κ2) is 7.24. The van der Waals surface area contributed by atoms with Crippen LogP contribution in [0.2, 0.25) is 0 Å². The van der Waals surface area contributed by atoms with E-state index in [0.29, 0.717) is 30.4 Å². The molecule has 21 heavy (non-hydrogen) atoms. The quantitative estimate of drug-likeness (QED) is 0.813. The van der Waals surface area contributed by atoms with Crippen LogP contribution in [0.5, 0.6) is 12.0 Å². The topological polar surface area (TPSA) is 69.2 Å². The summed E-state index contributed by atoms with van der Waals surface area (Å²) in [6.07, 6.45) is 6.61. The van der Waals surface area contributed by atoms with Crippen molar-refractivity contribution in [2.24, 2.45) is 11.8 Å². The standard InChI is InChI=1S/C15H24N4O2/c1-10(2)21-15-18-13(16-4)17-14(19-15)20-9-12-8-6-5-7-11(12)3/h5-6,10-12H,7-9H2,1-4H3,(H,16,17,18,19). The summed E-state index contributed by atoms with van der Waals surface area (Å²) in [7, 11) is 1.76. The molecule has 2 unspecified atom stereocenters. The molecule has 0 aromatic carbocycles. The third kappa shape index (κ3) is 4.58. The van der Waals surface area contributed by atoms with Gasteiger partial charge in [-0.25, -0.2) is 0 Å². The van der Waals surface area contributed by atoms with Gasteiger partial charge in [-0.2, -0.15) is 9.97 Å². The van der Waals surface area contributed by atoms with E-state index in [-0.39, 0.29) is 12.1 Å². The average molecular weight is 292 g/mol. The lowest BCUT2D eigenvalue weighted by molar-refractivity contribution is 0.178. The summed E-state index contributed by atoms with van der Waals surface area (Å²) in [5.74, 6) is 1.57. The van der Waals surface area contributed by atoms with Crippen LogP contribution in [0.4, 0.5) is 5.95 Å². The van der Waals surface area contributed by atoms with Crippen molar-refractivity contribution in [1.29, 1.82) is 0 Å². The van der Waals surface area contributed by atoms with Crippen LogP contribution in [0.25, 0.3) is 0 Å². The number of hydrogen-bond acceptors (Lipinski definition) is 6. The maximum Gasteiger partial charge on any atom is 0.324 e. The molecule has 0 spiro atoms. The van der Waals surface area contributed by atoms with Gasteiger partial charge in [0.05, 0.1) is 12.7 Å². The summed E-state index contributed by atoms with van der Waals surface area (Å²) in [5, 5.41) is 2.89. The minimum absolute atomic E-state index is 0.00783. The number of rotatable bonds is 6. The van der Waals surface area contributed by atoms with Crippen molar-refractivity contribution in [2.75, 3.05) is 19.0 Å². The van der Waals surface area contributed by atoms with Gasteiger partial charge in [0.15, 0.2) is 0 Å². The van der Waals surface area contributed by atoms with E-state index < -0.39 is 0 Å². The van der Waals surface area contributed by atoms with Crippen molar-refractivity contribution in [2.45, 2.75) is 39.7 Å². The number of aromatic nitrogens is 3. The SMILES string of the molecule is CNc1nc(OCC2CC=CCC2C)nc(OC(C)C)n1. The molecule has 0 saturated heterocycles. The molecule has 116 valence electrons. The van der Waals surface area contributed by atoms with Crippen LogP contribution in [0, 0.1) is 11.8 Å². The van der Waals surface area contributed by atoms with Crippen molar-refractivity contribution in [1.82, 2.24) is 15.0 Å². The third-order valence-corrected chi connectivity index (χ3v) is 3.50. The van der Waals surface area contributed by atoms with Gasteiger partial charge in [0.2, 0.25) is 5.95 Å². The molecule has 2 rings (SSSR count). The monoisotopic (exact) mass is 292 g/mol. The number of ether oxygens (including phenoxy) is 2. The van der Waals surface area contributed by atoms with Gasteiger partial charge in [-0.15, -0.1) is 4.98 Å². The van der Waals surface area contributed by atoms with E-state index in [0.717, 1.165) is 12.8 Å². The summed E-state index contributed by atoms with van der Waals surface area (Å²) in [6, 6.07) is 0.600. The molecular weight excluding hydrogens is 268 g/mol. The lowest BCUT2D eigenvalue weighted by Crippen LogP contribution is -2.22. The largest absolute Gasteiger partial charge is 0.463 e. The maximum atomic E-state index is 5.76. The first-order chi connectivity index (χ1) is 10.1. The van der Waals surface area contributed by atoms with E-state index in [9.17, 15) is 0 Å². The second-order valence-corrected chi connectivity index (χ2v) is 5.63. The molecule has 1 aromatic rings. The van der Waals surface area contributed by atoms with Crippen molar-refractivity contribution in [3.8, 4) is 12.0 Å². The lowest BCUT2D eigenvalue weighted by Gasteiger charge is -2.24. The van der Waals surface area contributed by atoms with E-state index in [1.165, 1.54) is 0 Å². The summed E-state index contributed by atoms with van der Waals surface area (Å²) < 4.78 is 11.3. The van der Waals surface area contributed by atoms with E-state index in [2.05, 4.69) is 39.3 Å². The minimum Gasteiger partial charge on any atom is -0.463 e. The van der Waals surface area contributed by atoms with Crippen molar-refractivity contribution < 1.29 is 9.47 Å². The fourth-order valence-electron chi connectivity index (χ4n) is 2.20. The smallest absolute Gasteiger partial charge is 0.324 e. The summed E-state index contributed by atoms with van der Waals surface area (Å²) in [5.41, 5.74) is 0. The number of allylic oxidation sites excluding steroid dienone is 2. The minimum atomic E-state index is 0.00783. The van der Waals surface area contributed by atoms with Crippen LogP contribution >= 0.6 is 0 Å². The fraction of sp³-hybridized carbons (Fsp3) is 0.667. The highest BCUT2D eigenvalue weighted by Crippen LogP contribution is 2.25. The first-order valence-electron chi connectivity index (χ1n) is 7.46. The number of anilines is 1. The molecule has 1 N–H and O–H groups in total. The highest BCUT2D eigenvalue weighted by molar-refractivity contribution is 5.26. The molecule has 6 nitrogen and oxygen atoms in total. The van der Waals surface area contributed by atoms with Gasteiger partial charge in [0.25, 0.3) is 0 Å². The highest BCUT2D eigenvalue weighted by Gasteiger charge is 2.20. The zero-order valence-corrected chi connectivity index (χ0v) is 13.2. The van der Waals surface area contributed by atoms with Crippen LogP contribution in [0.15, 0.2) is 12.2 Å². The van der Waals surface area contributed by atoms with Gasteiger partial charge in [-0.05, 0) is 38.5 Å². The second-order valence-electron chi connectivity index (χ2n) is 5.63. The first-order valence-corrected chi connectivity index (χ1v) is 7.46. The highest BCUT2D eigenvalue weighted by atomic mass is 16.5. The average Bonchev–Trinajstić information content (AvgIpc) is 2.45.